The molecule has 3 nitrogen and oxygen atoms in total. The third-order valence-corrected chi connectivity index (χ3v) is 3.02. The van der Waals surface area contributed by atoms with Crippen molar-refractivity contribution >= 4 is 11.8 Å². The maximum absolute atomic E-state index is 5.67. The Balaban J connectivity index is 2.04. The first-order chi connectivity index (χ1) is 6.33. The summed E-state index contributed by atoms with van der Waals surface area (Å²) in [5.74, 6) is 1.08. The molecule has 1 rings (SSSR count). The number of allylic oxidation sites excluding steroid dienone is 1. The van der Waals surface area contributed by atoms with Gasteiger partial charge < -0.3 is 10.5 Å². The molecule has 1 aliphatic rings. The van der Waals surface area contributed by atoms with Crippen LogP contribution in [0.4, 0.5) is 0 Å². The van der Waals surface area contributed by atoms with Crippen LogP contribution in [-0.4, -0.2) is 43.5 Å². The Morgan fingerprint density at radius 1 is 1.54 bits per heavy atom. The first kappa shape index (κ1) is 10.9. The summed E-state index contributed by atoms with van der Waals surface area (Å²) in [5, 5.41) is 0.924. The van der Waals surface area contributed by atoms with Crippen molar-refractivity contribution in [3.63, 3.8) is 0 Å². The summed E-state index contributed by atoms with van der Waals surface area (Å²) in [4.78, 5) is 2.42. The standard InChI is InChI=1S/C9H18N2OS/c1-2-9(10)13-8-5-11-3-6-12-7-4-11/h2H,3-8,10H2,1H3/b9-2-. The second-order valence-corrected chi connectivity index (χ2v) is 4.16. The van der Waals surface area contributed by atoms with Gasteiger partial charge in [-0.1, -0.05) is 6.08 Å². The van der Waals surface area contributed by atoms with Crippen LogP contribution in [0.15, 0.2) is 11.1 Å². The summed E-state index contributed by atoms with van der Waals surface area (Å²) in [5.41, 5.74) is 5.67. The Morgan fingerprint density at radius 2 is 2.23 bits per heavy atom. The highest BCUT2D eigenvalue weighted by Gasteiger charge is 2.09. The van der Waals surface area contributed by atoms with Crippen LogP contribution in [0.5, 0.6) is 0 Å². The molecule has 0 aromatic heterocycles. The first-order valence-electron chi connectivity index (χ1n) is 4.67. The molecule has 2 N–H and O–H groups in total. The van der Waals surface area contributed by atoms with Gasteiger partial charge in [-0.3, -0.25) is 4.90 Å². The zero-order valence-electron chi connectivity index (χ0n) is 8.16. The lowest BCUT2D eigenvalue weighted by Gasteiger charge is -2.26. The van der Waals surface area contributed by atoms with Crippen molar-refractivity contribution in [1.29, 1.82) is 0 Å². The summed E-state index contributed by atoms with van der Waals surface area (Å²) in [6, 6.07) is 0. The van der Waals surface area contributed by atoms with Crippen molar-refractivity contribution in [2.45, 2.75) is 6.92 Å². The van der Waals surface area contributed by atoms with Gasteiger partial charge in [-0.2, -0.15) is 0 Å². The van der Waals surface area contributed by atoms with Gasteiger partial charge in [0.25, 0.3) is 0 Å². The molecule has 1 heterocycles. The quantitative estimate of drug-likeness (QED) is 0.734. The fourth-order valence-electron chi connectivity index (χ4n) is 1.20. The van der Waals surface area contributed by atoms with E-state index in [1.807, 2.05) is 13.0 Å². The summed E-state index contributed by atoms with van der Waals surface area (Å²) in [6.07, 6.45) is 1.95. The lowest BCUT2D eigenvalue weighted by molar-refractivity contribution is 0.0410. The van der Waals surface area contributed by atoms with Gasteiger partial charge in [0.15, 0.2) is 0 Å². The van der Waals surface area contributed by atoms with E-state index in [0.717, 1.165) is 43.6 Å². The zero-order valence-corrected chi connectivity index (χ0v) is 8.98. The predicted octanol–water partition coefficient (Wildman–Crippen LogP) is 0.872. The third kappa shape index (κ3) is 4.55. The van der Waals surface area contributed by atoms with Crippen molar-refractivity contribution in [1.82, 2.24) is 4.90 Å². The van der Waals surface area contributed by atoms with E-state index in [9.17, 15) is 0 Å². The fraction of sp³-hybridized carbons (Fsp3) is 0.778. The number of nitrogens with zero attached hydrogens (tertiary/aromatic N) is 1. The smallest absolute Gasteiger partial charge is 0.0612 e. The van der Waals surface area contributed by atoms with Crippen LogP contribution in [0, 0.1) is 0 Å². The Morgan fingerprint density at radius 3 is 2.85 bits per heavy atom. The molecular formula is C9H18N2OS. The topological polar surface area (TPSA) is 38.5 Å². The van der Waals surface area contributed by atoms with Gasteiger partial charge in [0.2, 0.25) is 0 Å². The van der Waals surface area contributed by atoms with E-state index in [-0.39, 0.29) is 0 Å². The van der Waals surface area contributed by atoms with E-state index in [0.29, 0.717) is 0 Å². The maximum Gasteiger partial charge on any atom is 0.0612 e. The normalized spacial score (nSPS) is 20.5. The van der Waals surface area contributed by atoms with Crippen LogP contribution in [0.1, 0.15) is 6.92 Å². The molecule has 13 heavy (non-hydrogen) atoms. The molecule has 0 aromatic carbocycles. The number of morpholine rings is 1. The lowest BCUT2D eigenvalue weighted by Crippen LogP contribution is -2.37. The molecule has 0 radical (unpaired) electrons. The molecule has 0 saturated carbocycles. The molecule has 4 heteroatoms. The third-order valence-electron chi connectivity index (χ3n) is 2.06. The van der Waals surface area contributed by atoms with E-state index in [1.54, 1.807) is 11.8 Å². The molecule has 0 aliphatic carbocycles. The average molecular weight is 202 g/mol. The molecule has 0 aromatic rings. The van der Waals surface area contributed by atoms with Crippen LogP contribution in [0.3, 0.4) is 0 Å². The highest BCUT2D eigenvalue weighted by Crippen LogP contribution is 2.09. The molecule has 0 spiro atoms. The summed E-state index contributed by atoms with van der Waals surface area (Å²) >= 11 is 1.73. The number of hydrogen-bond donors (Lipinski definition) is 1. The van der Waals surface area contributed by atoms with Gasteiger partial charge in [-0.25, -0.2) is 0 Å². The fourth-order valence-corrected chi connectivity index (χ4v) is 1.95. The van der Waals surface area contributed by atoms with Gasteiger partial charge in [0.05, 0.1) is 18.2 Å². The second-order valence-electron chi connectivity index (χ2n) is 2.99. The van der Waals surface area contributed by atoms with Crippen molar-refractivity contribution in [2.24, 2.45) is 5.73 Å². The SMILES string of the molecule is C/C=C(/N)SCCN1CCOCC1. The van der Waals surface area contributed by atoms with Crippen molar-refractivity contribution < 1.29 is 4.74 Å². The minimum absolute atomic E-state index is 0.879. The van der Waals surface area contributed by atoms with Gasteiger partial charge in [0, 0.05) is 25.4 Å². The minimum Gasteiger partial charge on any atom is -0.394 e. The molecule has 0 atom stereocenters. The Kier molecular flexibility index (Phi) is 5.27. The molecule has 1 fully saturated rings. The summed E-state index contributed by atoms with van der Waals surface area (Å²) in [6.45, 7) is 6.97. The summed E-state index contributed by atoms with van der Waals surface area (Å²) < 4.78 is 5.26. The van der Waals surface area contributed by atoms with E-state index in [2.05, 4.69) is 4.90 Å². The Labute approximate surface area is 84.3 Å². The first-order valence-corrected chi connectivity index (χ1v) is 5.66. The molecule has 1 aliphatic heterocycles. The van der Waals surface area contributed by atoms with Crippen LogP contribution in [-0.2, 0) is 4.74 Å². The zero-order chi connectivity index (χ0) is 9.52. The van der Waals surface area contributed by atoms with Crippen LogP contribution in [0.25, 0.3) is 0 Å². The van der Waals surface area contributed by atoms with E-state index in [4.69, 9.17) is 10.5 Å². The highest BCUT2D eigenvalue weighted by atomic mass is 32.2. The van der Waals surface area contributed by atoms with E-state index in [1.165, 1.54) is 0 Å². The number of ether oxygens (including phenoxy) is 1. The number of thioether (sulfide) groups is 1. The second kappa shape index (κ2) is 6.29. The molecule has 76 valence electrons. The Hall–Kier alpha value is -0.190. The molecule has 0 amide bonds. The van der Waals surface area contributed by atoms with E-state index >= 15 is 0 Å². The van der Waals surface area contributed by atoms with Crippen molar-refractivity contribution in [3.05, 3.63) is 11.1 Å². The summed E-state index contributed by atoms with van der Waals surface area (Å²) in [7, 11) is 0. The largest absolute Gasteiger partial charge is 0.394 e. The number of rotatable bonds is 4. The van der Waals surface area contributed by atoms with Crippen LogP contribution in [0.2, 0.25) is 0 Å². The Bertz CT molecular complexity index is 167. The van der Waals surface area contributed by atoms with Crippen molar-refractivity contribution in [2.75, 3.05) is 38.6 Å². The van der Waals surface area contributed by atoms with Crippen LogP contribution < -0.4 is 5.73 Å². The highest BCUT2D eigenvalue weighted by molar-refractivity contribution is 8.03. The maximum atomic E-state index is 5.67. The van der Waals surface area contributed by atoms with Gasteiger partial charge in [0.1, 0.15) is 0 Å². The molecule has 0 unspecified atom stereocenters. The van der Waals surface area contributed by atoms with Crippen molar-refractivity contribution in [3.8, 4) is 0 Å². The molecule has 0 bridgehead atoms. The average Bonchev–Trinajstić information content (AvgIpc) is 2.19. The molecular weight excluding hydrogens is 184 g/mol. The van der Waals surface area contributed by atoms with Gasteiger partial charge in [-0.15, -0.1) is 11.8 Å². The minimum atomic E-state index is 0.879. The monoisotopic (exact) mass is 202 g/mol. The lowest BCUT2D eigenvalue weighted by atomic mass is 10.4. The molecule has 1 saturated heterocycles. The number of nitrogens with two attached hydrogens (primary N) is 1. The van der Waals surface area contributed by atoms with Gasteiger partial charge in [-0.05, 0) is 6.92 Å². The predicted molar refractivity (Wildman–Crippen MR) is 57.7 cm³/mol. The van der Waals surface area contributed by atoms with Crippen LogP contribution >= 0.6 is 11.8 Å². The van der Waals surface area contributed by atoms with E-state index < -0.39 is 0 Å². The number of hydrogen-bond acceptors (Lipinski definition) is 4. The van der Waals surface area contributed by atoms with Gasteiger partial charge >= 0.3 is 0 Å².